The molecule has 0 fully saturated rings. The van der Waals surface area contributed by atoms with Crippen LogP contribution in [0.25, 0.3) is 0 Å². The Morgan fingerprint density at radius 3 is 1.43 bits per heavy atom. The lowest BCUT2D eigenvalue weighted by Crippen LogP contribution is -2.38. The summed E-state index contributed by atoms with van der Waals surface area (Å²) in [6.07, 6.45) is 19.1. The molecule has 0 aliphatic rings. The van der Waals surface area contributed by atoms with Gasteiger partial charge in [0.1, 0.15) is 11.4 Å². The summed E-state index contributed by atoms with van der Waals surface area (Å²) in [5.74, 6) is 0. The minimum absolute atomic E-state index is 0.285. The standard InChI is InChI=1S/C30H57N3O2/c1-6-8-10-12-14-16-23-33(24-17-15-13-11-9-7-2)25-19-22-32-27-26(28(34)29(27)35)31-21-18-20-30(3,4)5/h31-32H,6-25H2,1-5H3. The molecule has 5 heteroatoms. The summed E-state index contributed by atoms with van der Waals surface area (Å²) in [7, 11) is 0. The fourth-order valence-corrected chi connectivity index (χ4v) is 4.64. The van der Waals surface area contributed by atoms with Crippen LogP contribution in [0.1, 0.15) is 131 Å². The third-order valence-electron chi connectivity index (χ3n) is 6.92. The monoisotopic (exact) mass is 491 g/mol. The van der Waals surface area contributed by atoms with Crippen molar-refractivity contribution in [3.8, 4) is 0 Å². The number of hydrogen-bond acceptors (Lipinski definition) is 5. The molecule has 0 aliphatic heterocycles. The molecule has 0 saturated heterocycles. The van der Waals surface area contributed by atoms with Crippen molar-refractivity contribution in [2.45, 2.75) is 131 Å². The van der Waals surface area contributed by atoms with Gasteiger partial charge in [-0.1, -0.05) is 98.8 Å². The molecule has 0 saturated carbocycles. The summed E-state index contributed by atoms with van der Waals surface area (Å²) in [6.45, 7) is 16.1. The van der Waals surface area contributed by atoms with Crippen LogP contribution in [0.5, 0.6) is 0 Å². The van der Waals surface area contributed by atoms with Crippen molar-refractivity contribution in [2.75, 3.05) is 43.4 Å². The van der Waals surface area contributed by atoms with Crippen molar-refractivity contribution in [1.82, 2.24) is 4.90 Å². The number of unbranched alkanes of at least 4 members (excludes halogenated alkanes) is 10. The highest BCUT2D eigenvalue weighted by atomic mass is 16.2. The van der Waals surface area contributed by atoms with E-state index >= 15 is 0 Å². The van der Waals surface area contributed by atoms with Crippen LogP contribution in [0.4, 0.5) is 11.4 Å². The van der Waals surface area contributed by atoms with E-state index in [-0.39, 0.29) is 16.3 Å². The molecule has 2 N–H and O–H groups in total. The Morgan fingerprint density at radius 1 is 0.571 bits per heavy atom. The fraction of sp³-hybridized carbons (Fsp3) is 0.867. The Kier molecular flexibility index (Phi) is 17.1. The Balaban J connectivity index is 2.38. The molecular formula is C30H57N3O2. The van der Waals surface area contributed by atoms with E-state index in [4.69, 9.17) is 0 Å². The maximum Gasteiger partial charge on any atom is 0.253 e. The Hall–Kier alpha value is -1.36. The zero-order valence-corrected chi connectivity index (χ0v) is 23.9. The zero-order chi connectivity index (χ0) is 25.9. The normalized spacial score (nSPS) is 12.1. The van der Waals surface area contributed by atoms with Crippen LogP contribution >= 0.6 is 0 Å². The van der Waals surface area contributed by atoms with Crippen LogP contribution in [0.15, 0.2) is 9.59 Å². The van der Waals surface area contributed by atoms with E-state index in [1.165, 1.54) is 90.1 Å². The van der Waals surface area contributed by atoms with Gasteiger partial charge in [0.2, 0.25) is 0 Å². The molecule has 0 radical (unpaired) electrons. The molecule has 1 rings (SSSR count). The maximum absolute atomic E-state index is 12.1. The van der Waals surface area contributed by atoms with E-state index in [0.29, 0.717) is 11.4 Å². The quantitative estimate of drug-likeness (QED) is 0.124. The Morgan fingerprint density at radius 2 is 0.971 bits per heavy atom. The van der Waals surface area contributed by atoms with Gasteiger partial charge < -0.3 is 15.5 Å². The predicted octanol–water partition coefficient (Wildman–Crippen LogP) is 7.35. The highest BCUT2D eigenvalue weighted by Gasteiger charge is 2.20. The van der Waals surface area contributed by atoms with Crippen LogP contribution in [0.2, 0.25) is 0 Å². The molecule has 0 heterocycles. The van der Waals surface area contributed by atoms with Crippen LogP contribution in [0.3, 0.4) is 0 Å². The SMILES string of the molecule is CCCCCCCCN(CCCCCCCC)CCCNc1c(NCCCC(C)(C)C)c(=O)c1=O. The van der Waals surface area contributed by atoms with Gasteiger partial charge in [-0.3, -0.25) is 9.59 Å². The lowest BCUT2D eigenvalue weighted by atomic mass is 9.90. The van der Waals surface area contributed by atoms with E-state index < -0.39 is 0 Å². The third kappa shape index (κ3) is 14.7. The van der Waals surface area contributed by atoms with Crippen LogP contribution < -0.4 is 21.5 Å². The first kappa shape index (κ1) is 31.7. The third-order valence-corrected chi connectivity index (χ3v) is 6.92. The first-order chi connectivity index (χ1) is 16.8. The van der Waals surface area contributed by atoms with E-state index in [9.17, 15) is 9.59 Å². The van der Waals surface area contributed by atoms with Crippen LogP contribution in [0, 0.1) is 5.41 Å². The molecule has 0 unspecified atom stereocenters. The molecule has 0 spiro atoms. The van der Waals surface area contributed by atoms with Gasteiger partial charge in [-0.2, -0.15) is 0 Å². The number of nitrogens with zero attached hydrogens (tertiary/aromatic N) is 1. The lowest BCUT2D eigenvalue weighted by molar-refractivity contribution is 0.259. The van der Waals surface area contributed by atoms with Crippen molar-refractivity contribution in [1.29, 1.82) is 0 Å². The average Bonchev–Trinajstić information content (AvgIpc) is 2.82. The molecule has 5 nitrogen and oxygen atoms in total. The van der Waals surface area contributed by atoms with E-state index in [1.807, 2.05) is 0 Å². The molecule has 0 atom stereocenters. The van der Waals surface area contributed by atoms with Gasteiger partial charge in [0.05, 0.1) is 0 Å². The molecule has 1 aromatic carbocycles. The van der Waals surface area contributed by atoms with Gasteiger partial charge in [0.15, 0.2) is 0 Å². The largest absolute Gasteiger partial charge is 0.380 e. The van der Waals surface area contributed by atoms with Crippen molar-refractivity contribution in [3.05, 3.63) is 20.4 Å². The van der Waals surface area contributed by atoms with E-state index in [2.05, 4.69) is 50.2 Å². The summed E-state index contributed by atoms with van der Waals surface area (Å²) in [5, 5.41) is 6.47. The molecule has 1 aromatic rings. The number of nitrogens with one attached hydrogen (secondary N) is 2. The van der Waals surface area contributed by atoms with E-state index in [1.54, 1.807) is 0 Å². The summed E-state index contributed by atoms with van der Waals surface area (Å²) in [4.78, 5) is 26.7. The predicted molar refractivity (Wildman–Crippen MR) is 155 cm³/mol. The maximum atomic E-state index is 12.1. The minimum Gasteiger partial charge on any atom is -0.380 e. The highest BCUT2D eigenvalue weighted by molar-refractivity contribution is 5.73. The number of rotatable bonds is 23. The summed E-state index contributed by atoms with van der Waals surface area (Å²) >= 11 is 0. The van der Waals surface area contributed by atoms with Crippen molar-refractivity contribution >= 4 is 11.4 Å². The van der Waals surface area contributed by atoms with Crippen molar-refractivity contribution in [3.63, 3.8) is 0 Å². The minimum atomic E-state index is -0.365. The van der Waals surface area contributed by atoms with Crippen molar-refractivity contribution in [2.24, 2.45) is 5.41 Å². The fourth-order valence-electron chi connectivity index (χ4n) is 4.64. The van der Waals surface area contributed by atoms with Gasteiger partial charge in [-0.25, -0.2) is 0 Å². The van der Waals surface area contributed by atoms with Gasteiger partial charge in [0.25, 0.3) is 10.9 Å². The summed E-state index contributed by atoms with van der Waals surface area (Å²) < 4.78 is 0. The summed E-state index contributed by atoms with van der Waals surface area (Å²) in [5.41, 5.74) is 0.562. The van der Waals surface area contributed by atoms with E-state index in [0.717, 1.165) is 38.9 Å². The first-order valence-electron chi connectivity index (χ1n) is 14.8. The van der Waals surface area contributed by atoms with Gasteiger partial charge in [0, 0.05) is 13.1 Å². The second-order valence-corrected chi connectivity index (χ2v) is 11.7. The van der Waals surface area contributed by atoms with Crippen LogP contribution in [-0.4, -0.2) is 37.6 Å². The molecular weight excluding hydrogens is 434 g/mol. The Labute approximate surface area is 216 Å². The zero-order valence-electron chi connectivity index (χ0n) is 23.9. The molecule has 0 amide bonds. The average molecular weight is 492 g/mol. The van der Waals surface area contributed by atoms with Gasteiger partial charge >= 0.3 is 0 Å². The number of anilines is 2. The second kappa shape index (κ2) is 18.8. The molecule has 35 heavy (non-hydrogen) atoms. The Bertz CT molecular complexity index is 700. The molecule has 0 bridgehead atoms. The topological polar surface area (TPSA) is 61.4 Å². The first-order valence-corrected chi connectivity index (χ1v) is 14.8. The van der Waals surface area contributed by atoms with Crippen molar-refractivity contribution < 1.29 is 0 Å². The van der Waals surface area contributed by atoms with Gasteiger partial charge in [-0.05, 0) is 57.2 Å². The smallest absolute Gasteiger partial charge is 0.253 e. The molecule has 0 aromatic heterocycles. The number of hydrogen-bond donors (Lipinski definition) is 2. The molecule has 0 aliphatic carbocycles. The van der Waals surface area contributed by atoms with Gasteiger partial charge in [-0.15, -0.1) is 0 Å². The second-order valence-electron chi connectivity index (χ2n) is 11.7. The highest BCUT2D eigenvalue weighted by Crippen LogP contribution is 2.21. The summed E-state index contributed by atoms with van der Waals surface area (Å²) in [6, 6.07) is 0. The van der Waals surface area contributed by atoms with Crippen LogP contribution in [-0.2, 0) is 0 Å². The lowest BCUT2D eigenvalue weighted by Gasteiger charge is -2.23. The molecule has 204 valence electrons.